The minimum atomic E-state index is -1.37. The van der Waals surface area contributed by atoms with Crippen LogP contribution in [0.3, 0.4) is 0 Å². The molecule has 0 radical (unpaired) electrons. The van der Waals surface area contributed by atoms with Crippen LogP contribution in [0.2, 0.25) is 0 Å². The normalized spacial score (nSPS) is 20.3. The molecule has 1 aliphatic rings. The lowest BCUT2D eigenvalue weighted by Crippen LogP contribution is -2.31. The predicted octanol–water partition coefficient (Wildman–Crippen LogP) is 0.251. The van der Waals surface area contributed by atoms with Crippen LogP contribution in [0, 0.1) is 0 Å². The maximum Gasteiger partial charge on any atom is 0.378 e. The van der Waals surface area contributed by atoms with Crippen LogP contribution in [0.25, 0.3) is 0 Å². The monoisotopic (exact) mass is 266 g/mol. The Hall–Kier alpha value is -2.05. The Kier molecular flexibility index (Phi) is 4.03. The Balaban J connectivity index is 2.06. The average molecular weight is 266 g/mol. The summed E-state index contributed by atoms with van der Waals surface area (Å²) in [5.74, 6) is -1.69. The lowest BCUT2D eigenvalue weighted by molar-refractivity contribution is -0.148. The number of carbonyl (C=O) groups is 1. The zero-order chi connectivity index (χ0) is 13.8. The molecule has 0 aliphatic carbocycles. The molecule has 0 saturated heterocycles. The van der Waals surface area contributed by atoms with Crippen molar-refractivity contribution < 1.29 is 29.6 Å². The maximum absolute atomic E-state index is 11.5. The minimum absolute atomic E-state index is 0.0945. The molecule has 0 bridgehead atoms. The fraction of sp³-hybridized carbons (Fsp3) is 0.308. The minimum Gasteiger partial charge on any atom is -0.505 e. The molecule has 3 N–H and O–H groups in total. The molecule has 1 heterocycles. The molecule has 102 valence electrons. The summed E-state index contributed by atoms with van der Waals surface area (Å²) in [6, 6.07) is 9.09. The molecule has 0 spiro atoms. The number of benzene rings is 1. The average Bonchev–Trinajstić information content (AvgIpc) is 2.72. The quantitative estimate of drug-likeness (QED) is 0.661. The molecule has 6 nitrogen and oxygen atoms in total. The van der Waals surface area contributed by atoms with Gasteiger partial charge >= 0.3 is 5.97 Å². The number of rotatable bonds is 5. The molecule has 2 atom stereocenters. The highest BCUT2D eigenvalue weighted by atomic mass is 16.6. The standard InChI is InChI=1S/C13H14O6/c14-6-9(15)11-10(16)12(13(17)19-11)18-7-8-4-2-1-3-5-8/h1-5,9,11,14-16H,6-7H2/t9-,11-/m1/s1. The van der Waals surface area contributed by atoms with Gasteiger partial charge in [0, 0.05) is 0 Å². The first-order chi connectivity index (χ1) is 9.13. The van der Waals surface area contributed by atoms with Crippen molar-refractivity contribution in [2.24, 2.45) is 0 Å². The van der Waals surface area contributed by atoms with Gasteiger partial charge in [-0.3, -0.25) is 0 Å². The second kappa shape index (κ2) is 5.73. The van der Waals surface area contributed by atoms with Crippen LogP contribution >= 0.6 is 0 Å². The first kappa shape index (κ1) is 13.4. The first-order valence-electron chi connectivity index (χ1n) is 5.73. The second-order valence-electron chi connectivity index (χ2n) is 4.06. The van der Waals surface area contributed by atoms with E-state index in [4.69, 9.17) is 14.6 Å². The van der Waals surface area contributed by atoms with Gasteiger partial charge in [-0.15, -0.1) is 0 Å². The van der Waals surface area contributed by atoms with Crippen LogP contribution in [0.4, 0.5) is 0 Å². The van der Waals surface area contributed by atoms with Crippen molar-refractivity contribution >= 4 is 5.97 Å². The summed E-state index contributed by atoms with van der Waals surface area (Å²) >= 11 is 0. The van der Waals surface area contributed by atoms with Crippen molar-refractivity contribution in [3.8, 4) is 0 Å². The SMILES string of the molecule is O=C1O[C@H]([C@H](O)CO)C(O)=C1OCc1ccccc1. The molecular weight excluding hydrogens is 252 g/mol. The fourth-order valence-electron chi connectivity index (χ4n) is 1.68. The summed E-state index contributed by atoms with van der Waals surface area (Å²) < 4.78 is 9.93. The summed E-state index contributed by atoms with van der Waals surface area (Å²) in [5, 5.41) is 27.9. The largest absolute Gasteiger partial charge is 0.505 e. The van der Waals surface area contributed by atoms with Crippen molar-refractivity contribution in [2.45, 2.75) is 18.8 Å². The molecule has 2 rings (SSSR count). The van der Waals surface area contributed by atoms with E-state index in [1.807, 2.05) is 18.2 Å². The molecule has 1 aromatic carbocycles. The summed E-state index contributed by atoms with van der Waals surface area (Å²) in [6.07, 6.45) is -2.65. The van der Waals surface area contributed by atoms with E-state index in [1.165, 1.54) is 0 Å². The molecule has 1 aliphatic heterocycles. The number of esters is 1. The van der Waals surface area contributed by atoms with Gasteiger partial charge in [-0.2, -0.15) is 0 Å². The molecule has 0 aromatic heterocycles. The van der Waals surface area contributed by atoms with Gasteiger partial charge in [0.15, 0.2) is 11.9 Å². The van der Waals surface area contributed by atoms with Crippen LogP contribution in [-0.2, 0) is 20.9 Å². The Bertz CT molecular complexity index is 481. The van der Waals surface area contributed by atoms with Crippen LogP contribution in [0.1, 0.15) is 5.56 Å². The molecule has 0 amide bonds. The molecule has 6 heteroatoms. The Morgan fingerprint density at radius 1 is 1.32 bits per heavy atom. The fourth-order valence-corrected chi connectivity index (χ4v) is 1.68. The van der Waals surface area contributed by atoms with Crippen molar-refractivity contribution in [3.63, 3.8) is 0 Å². The number of ether oxygens (including phenoxy) is 2. The van der Waals surface area contributed by atoms with Crippen LogP contribution in [0.5, 0.6) is 0 Å². The third-order valence-corrected chi connectivity index (χ3v) is 2.68. The van der Waals surface area contributed by atoms with Crippen molar-refractivity contribution in [1.82, 2.24) is 0 Å². The summed E-state index contributed by atoms with van der Waals surface area (Å²) in [5.41, 5.74) is 0.821. The van der Waals surface area contributed by atoms with Gasteiger partial charge in [0.2, 0.25) is 5.76 Å². The van der Waals surface area contributed by atoms with E-state index in [1.54, 1.807) is 12.1 Å². The van der Waals surface area contributed by atoms with Crippen molar-refractivity contribution in [3.05, 3.63) is 47.4 Å². The van der Waals surface area contributed by atoms with E-state index < -0.39 is 30.5 Å². The maximum atomic E-state index is 11.5. The molecule has 0 unspecified atom stereocenters. The van der Waals surface area contributed by atoms with Gasteiger partial charge in [0.1, 0.15) is 12.7 Å². The summed E-state index contributed by atoms with van der Waals surface area (Å²) in [7, 11) is 0. The van der Waals surface area contributed by atoms with Crippen LogP contribution in [0.15, 0.2) is 41.9 Å². The number of aliphatic hydroxyl groups excluding tert-OH is 3. The highest BCUT2D eigenvalue weighted by Gasteiger charge is 2.40. The topological polar surface area (TPSA) is 96.2 Å². The van der Waals surface area contributed by atoms with Gasteiger partial charge in [-0.25, -0.2) is 4.79 Å². The summed E-state index contributed by atoms with van der Waals surface area (Å²) in [6.45, 7) is -0.536. The highest BCUT2D eigenvalue weighted by molar-refractivity contribution is 5.89. The van der Waals surface area contributed by atoms with Crippen molar-refractivity contribution in [1.29, 1.82) is 0 Å². The second-order valence-corrected chi connectivity index (χ2v) is 4.06. The van der Waals surface area contributed by atoms with Crippen LogP contribution < -0.4 is 0 Å². The van der Waals surface area contributed by atoms with E-state index in [0.717, 1.165) is 5.56 Å². The molecule has 0 saturated carbocycles. The van der Waals surface area contributed by atoms with E-state index in [2.05, 4.69) is 0 Å². The third kappa shape index (κ3) is 2.86. The van der Waals surface area contributed by atoms with E-state index in [9.17, 15) is 15.0 Å². The predicted molar refractivity (Wildman–Crippen MR) is 63.9 cm³/mol. The van der Waals surface area contributed by atoms with Crippen molar-refractivity contribution in [2.75, 3.05) is 6.61 Å². The zero-order valence-corrected chi connectivity index (χ0v) is 10.0. The highest BCUT2D eigenvalue weighted by Crippen LogP contribution is 2.24. The lowest BCUT2D eigenvalue weighted by Gasteiger charge is -2.13. The smallest absolute Gasteiger partial charge is 0.378 e. The van der Waals surface area contributed by atoms with E-state index in [0.29, 0.717) is 0 Å². The third-order valence-electron chi connectivity index (χ3n) is 2.68. The molecule has 0 fully saturated rings. The first-order valence-corrected chi connectivity index (χ1v) is 5.73. The summed E-state index contributed by atoms with van der Waals surface area (Å²) in [4.78, 5) is 11.5. The number of cyclic esters (lactones) is 1. The molecular formula is C13H14O6. The van der Waals surface area contributed by atoms with Gasteiger partial charge in [-0.05, 0) is 5.56 Å². The van der Waals surface area contributed by atoms with Gasteiger partial charge in [0.05, 0.1) is 6.61 Å². The van der Waals surface area contributed by atoms with Crippen LogP contribution in [-0.4, -0.2) is 40.1 Å². The van der Waals surface area contributed by atoms with Gasteiger partial charge in [0.25, 0.3) is 0 Å². The molecule has 1 aromatic rings. The number of carbonyl (C=O) groups excluding carboxylic acids is 1. The number of hydrogen-bond donors (Lipinski definition) is 3. The zero-order valence-electron chi connectivity index (χ0n) is 10.0. The van der Waals surface area contributed by atoms with E-state index >= 15 is 0 Å². The van der Waals surface area contributed by atoms with Gasteiger partial charge < -0.3 is 24.8 Å². The Morgan fingerprint density at radius 3 is 2.63 bits per heavy atom. The number of aliphatic hydroxyl groups is 3. The Labute approximate surface area is 109 Å². The lowest BCUT2D eigenvalue weighted by atomic mass is 10.2. The number of hydrogen-bond acceptors (Lipinski definition) is 6. The van der Waals surface area contributed by atoms with Gasteiger partial charge in [-0.1, -0.05) is 30.3 Å². The molecule has 19 heavy (non-hydrogen) atoms. The Morgan fingerprint density at radius 2 is 2.00 bits per heavy atom. The van der Waals surface area contributed by atoms with E-state index in [-0.39, 0.29) is 12.4 Å².